The number of carboxylic acid groups (broad SMARTS) is 1. The first kappa shape index (κ1) is 25.2. The second-order valence-electron chi connectivity index (χ2n) is 6.83. The van der Waals surface area contributed by atoms with E-state index in [0.717, 1.165) is 6.26 Å². The van der Waals surface area contributed by atoms with Crippen LogP contribution in [0.5, 0.6) is 0 Å². The SMILES string of the molecule is C\C=C/C(CCB(O)O)=C(O)\C(=C\OC1CN(C(=O)CC[C@@H](N)C(N)=O)C1)C(=O)O. The summed E-state index contributed by atoms with van der Waals surface area (Å²) in [6, 6.07) is -0.892. The third-order valence-corrected chi connectivity index (χ3v) is 4.44. The molecule has 0 spiro atoms. The molecule has 2 amide bonds. The molecule has 12 heteroatoms. The lowest BCUT2D eigenvalue weighted by molar-refractivity contribution is -0.142. The highest BCUT2D eigenvalue weighted by Gasteiger charge is 2.32. The Morgan fingerprint density at radius 2 is 1.87 bits per heavy atom. The Labute approximate surface area is 174 Å². The monoisotopic (exact) mass is 425 g/mol. The van der Waals surface area contributed by atoms with Gasteiger partial charge < -0.3 is 41.4 Å². The minimum atomic E-state index is -1.59. The van der Waals surface area contributed by atoms with Gasteiger partial charge in [-0.05, 0) is 31.7 Å². The number of aliphatic hydroxyl groups excluding tert-OH is 1. The molecule has 1 aliphatic heterocycles. The van der Waals surface area contributed by atoms with Crippen LogP contribution in [0, 0.1) is 0 Å². The highest BCUT2D eigenvalue weighted by molar-refractivity contribution is 6.41. The largest absolute Gasteiger partial charge is 0.507 e. The van der Waals surface area contributed by atoms with E-state index in [1.807, 2.05) is 0 Å². The zero-order valence-electron chi connectivity index (χ0n) is 16.7. The molecule has 0 aromatic rings. The Morgan fingerprint density at radius 3 is 2.37 bits per heavy atom. The van der Waals surface area contributed by atoms with Gasteiger partial charge in [0.25, 0.3) is 0 Å². The highest BCUT2D eigenvalue weighted by atomic mass is 16.5. The van der Waals surface area contributed by atoms with Crippen LogP contribution in [0.15, 0.2) is 35.3 Å². The third kappa shape index (κ3) is 7.89. The smallest absolute Gasteiger partial charge is 0.451 e. The lowest BCUT2D eigenvalue weighted by Gasteiger charge is -2.38. The quantitative estimate of drug-likeness (QED) is 0.0986. The van der Waals surface area contributed by atoms with E-state index in [-0.39, 0.29) is 50.2 Å². The Bertz CT molecular complexity index is 729. The lowest BCUT2D eigenvalue weighted by atomic mass is 9.82. The normalized spacial score (nSPS) is 16.7. The van der Waals surface area contributed by atoms with E-state index >= 15 is 0 Å². The van der Waals surface area contributed by atoms with Crippen LogP contribution in [-0.4, -0.2) is 75.3 Å². The van der Waals surface area contributed by atoms with Gasteiger partial charge in [-0.1, -0.05) is 12.2 Å². The number of hydrogen-bond donors (Lipinski definition) is 6. The maximum Gasteiger partial charge on any atom is 0.451 e. The van der Waals surface area contributed by atoms with Gasteiger partial charge >= 0.3 is 13.1 Å². The number of carbonyl (C=O) groups is 3. The van der Waals surface area contributed by atoms with Crippen molar-refractivity contribution in [3.8, 4) is 0 Å². The number of primary amides is 1. The molecule has 1 heterocycles. The van der Waals surface area contributed by atoms with E-state index < -0.39 is 42.5 Å². The first-order valence-electron chi connectivity index (χ1n) is 9.39. The maximum atomic E-state index is 12.0. The average molecular weight is 425 g/mol. The summed E-state index contributed by atoms with van der Waals surface area (Å²) in [7, 11) is -1.59. The topological polar surface area (TPSA) is 197 Å². The van der Waals surface area contributed by atoms with Gasteiger partial charge in [-0.2, -0.15) is 0 Å². The van der Waals surface area contributed by atoms with E-state index in [0.29, 0.717) is 0 Å². The number of carboxylic acids is 1. The number of aliphatic carboxylic acids is 1. The summed E-state index contributed by atoms with van der Waals surface area (Å²) in [5, 5.41) is 37.7. The Kier molecular flexibility index (Phi) is 10.1. The summed E-state index contributed by atoms with van der Waals surface area (Å²) >= 11 is 0. The summed E-state index contributed by atoms with van der Waals surface area (Å²) in [5.74, 6) is -2.88. The van der Waals surface area contributed by atoms with Crippen LogP contribution >= 0.6 is 0 Å². The third-order valence-electron chi connectivity index (χ3n) is 4.44. The van der Waals surface area contributed by atoms with Crippen molar-refractivity contribution in [2.75, 3.05) is 13.1 Å². The van der Waals surface area contributed by atoms with E-state index in [1.165, 1.54) is 11.0 Å². The van der Waals surface area contributed by atoms with Gasteiger partial charge in [-0.25, -0.2) is 4.79 Å². The molecule has 0 radical (unpaired) electrons. The molecule has 1 atom stereocenters. The van der Waals surface area contributed by atoms with Gasteiger partial charge in [0.1, 0.15) is 23.7 Å². The number of amides is 2. The van der Waals surface area contributed by atoms with E-state index in [4.69, 9.17) is 26.3 Å². The summed E-state index contributed by atoms with van der Waals surface area (Å²) in [6.45, 7) is 2.10. The van der Waals surface area contributed by atoms with Crippen molar-refractivity contribution < 1.29 is 39.4 Å². The van der Waals surface area contributed by atoms with Crippen LogP contribution in [0.1, 0.15) is 26.2 Å². The average Bonchev–Trinajstić information content (AvgIpc) is 2.63. The molecule has 11 nitrogen and oxygen atoms in total. The van der Waals surface area contributed by atoms with Crippen LogP contribution in [0.4, 0.5) is 0 Å². The molecule has 0 unspecified atom stereocenters. The van der Waals surface area contributed by atoms with Gasteiger partial charge in [0, 0.05) is 6.42 Å². The molecule has 166 valence electrons. The molecule has 0 saturated carbocycles. The van der Waals surface area contributed by atoms with Crippen molar-refractivity contribution in [2.45, 2.75) is 44.7 Å². The summed E-state index contributed by atoms with van der Waals surface area (Å²) < 4.78 is 5.37. The van der Waals surface area contributed by atoms with Gasteiger partial charge in [0.05, 0.1) is 19.1 Å². The molecule has 0 aromatic heterocycles. The zero-order chi connectivity index (χ0) is 22.8. The van der Waals surface area contributed by atoms with E-state index in [2.05, 4.69) is 0 Å². The second kappa shape index (κ2) is 12.0. The lowest BCUT2D eigenvalue weighted by Crippen LogP contribution is -2.54. The molecule has 1 saturated heterocycles. The standard InChI is InChI=1S/C18H28BN3O8/c1-2-3-11(6-7-19(28)29)16(24)13(18(26)27)10-30-12-8-22(9-12)15(23)5-4-14(20)17(21)25/h2-3,10,12,14,24,28-29H,4-9,20H2,1H3,(H2,21,25)(H,26,27)/b3-2-,13-10-,16-11-/t14-/m1/s1. The maximum absolute atomic E-state index is 12.0. The zero-order valence-corrected chi connectivity index (χ0v) is 16.7. The summed E-state index contributed by atoms with van der Waals surface area (Å²) in [6.07, 6.45) is 3.64. The number of ether oxygens (including phenoxy) is 1. The van der Waals surface area contributed by atoms with Crippen molar-refractivity contribution in [2.24, 2.45) is 11.5 Å². The van der Waals surface area contributed by atoms with Crippen molar-refractivity contribution in [3.05, 3.63) is 35.3 Å². The fourth-order valence-corrected chi connectivity index (χ4v) is 2.62. The summed E-state index contributed by atoms with van der Waals surface area (Å²) in [5.41, 5.74) is 10.2. The first-order valence-corrected chi connectivity index (χ1v) is 9.39. The van der Waals surface area contributed by atoms with Gasteiger partial charge in [-0.3, -0.25) is 9.59 Å². The van der Waals surface area contributed by atoms with Crippen molar-refractivity contribution in [3.63, 3.8) is 0 Å². The molecule has 0 aromatic carbocycles. The minimum Gasteiger partial charge on any atom is -0.507 e. The summed E-state index contributed by atoms with van der Waals surface area (Å²) in [4.78, 5) is 35.9. The Hall–Kier alpha value is -2.83. The Balaban J connectivity index is 2.70. The molecule has 1 rings (SSSR count). The number of likely N-dealkylation sites (tertiary alicyclic amines) is 1. The van der Waals surface area contributed by atoms with Gasteiger partial charge in [0.15, 0.2) is 0 Å². The molecule has 0 aliphatic carbocycles. The number of nitrogens with zero attached hydrogens (tertiary/aromatic N) is 1. The van der Waals surface area contributed by atoms with Crippen LogP contribution in [0.2, 0.25) is 6.32 Å². The number of allylic oxidation sites excluding steroid dienone is 3. The minimum absolute atomic E-state index is 0.0393. The van der Waals surface area contributed by atoms with E-state index in [9.17, 15) is 24.6 Å². The molecule has 1 aliphatic rings. The molecular formula is C18H28BN3O8. The highest BCUT2D eigenvalue weighted by Crippen LogP contribution is 2.21. The van der Waals surface area contributed by atoms with Crippen molar-refractivity contribution in [1.29, 1.82) is 0 Å². The van der Waals surface area contributed by atoms with Crippen molar-refractivity contribution in [1.82, 2.24) is 4.90 Å². The number of aliphatic hydroxyl groups is 1. The van der Waals surface area contributed by atoms with Crippen LogP contribution in [-0.2, 0) is 19.1 Å². The number of hydrogen-bond acceptors (Lipinski definition) is 8. The Morgan fingerprint density at radius 1 is 1.23 bits per heavy atom. The van der Waals surface area contributed by atoms with Gasteiger partial charge in [-0.15, -0.1) is 0 Å². The second-order valence-corrected chi connectivity index (χ2v) is 6.83. The number of nitrogens with two attached hydrogens (primary N) is 2. The fraction of sp³-hybridized carbons (Fsp3) is 0.500. The van der Waals surface area contributed by atoms with Crippen molar-refractivity contribution >= 4 is 24.9 Å². The van der Waals surface area contributed by atoms with E-state index in [1.54, 1.807) is 13.0 Å². The first-order chi connectivity index (χ1) is 14.1. The predicted octanol–water partition coefficient (Wildman–Crippen LogP) is -0.974. The molecule has 1 fully saturated rings. The van der Waals surface area contributed by atoms with Gasteiger partial charge in [0.2, 0.25) is 11.8 Å². The van der Waals surface area contributed by atoms with Crippen LogP contribution in [0.3, 0.4) is 0 Å². The van der Waals surface area contributed by atoms with Crippen LogP contribution < -0.4 is 11.5 Å². The number of rotatable bonds is 12. The molecule has 0 bridgehead atoms. The van der Waals surface area contributed by atoms with Crippen LogP contribution in [0.25, 0.3) is 0 Å². The predicted molar refractivity (Wildman–Crippen MR) is 108 cm³/mol. The molecule has 30 heavy (non-hydrogen) atoms. The molecular weight excluding hydrogens is 397 g/mol. The molecule has 8 N–H and O–H groups in total. The fourth-order valence-electron chi connectivity index (χ4n) is 2.62. The number of carbonyl (C=O) groups excluding carboxylic acids is 2.